The standard InChI is InChI=1S/C14H16N4O6S/c1-9-11(12(19)16-14(21)15-9)25(22,23)18-6-4-17(5-7-18)13(20)10-3-2-8-24-10/h2-3,8H,4-7H2,1H3,(H2,15,16,19,21). The van der Waals surface area contributed by atoms with Gasteiger partial charge in [-0.05, 0) is 19.1 Å². The van der Waals surface area contributed by atoms with Crippen molar-refractivity contribution in [2.45, 2.75) is 11.8 Å². The van der Waals surface area contributed by atoms with Gasteiger partial charge in [-0.15, -0.1) is 0 Å². The zero-order chi connectivity index (χ0) is 18.2. The van der Waals surface area contributed by atoms with Crippen molar-refractivity contribution in [2.75, 3.05) is 26.2 Å². The number of H-pyrrole nitrogens is 2. The minimum absolute atomic E-state index is 0.0251. The molecule has 0 aromatic carbocycles. The zero-order valence-corrected chi connectivity index (χ0v) is 14.1. The number of amides is 1. The molecule has 134 valence electrons. The molecule has 0 spiro atoms. The van der Waals surface area contributed by atoms with Crippen molar-refractivity contribution in [2.24, 2.45) is 0 Å². The number of hydrogen-bond acceptors (Lipinski definition) is 6. The summed E-state index contributed by atoms with van der Waals surface area (Å²) in [4.78, 5) is 40.5. The summed E-state index contributed by atoms with van der Waals surface area (Å²) in [5.74, 6) is -0.135. The van der Waals surface area contributed by atoms with Crippen molar-refractivity contribution >= 4 is 15.9 Å². The molecule has 0 radical (unpaired) electrons. The molecule has 3 heterocycles. The summed E-state index contributed by atoms with van der Waals surface area (Å²) in [5, 5.41) is 0. The minimum Gasteiger partial charge on any atom is -0.459 e. The number of aryl methyl sites for hydroxylation is 1. The smallest absolute Gasteiger partial charge is 0.325 e. The fourth-order valence-corrected chi connectivity index (χ4v) is 4.34. The van der Waals surface area contributed by atoms with Gasteiger partial charge in [-0.2, -0.15) is 4.31 Å². The lowest BCUT2D eigenvalue weighted by Crippen LogP contribution is -2.51. The highest BCUT2D eigenvalue weighted by atomic mass is 32.2. The maximum absolute atomic E-state index is 12.7. The molecular formula is C14H16N4O6S. The molecule has 1 amide bonds. The van der Waals surface area contributed by atoms with Crippen LogP contribution < -0.4 is 11.2 Å². The molecular weight excluding hydrogens is 352 g/mol. The summed E-state index contributed by atoms with van der Waals surface area (Å²) in [6.45, 7) is 1.75. The Morgan fingerprint density at radius 3 is 2.40 bits per heavy atom. The van der Waals surface area contributed by atoms with Crippen LogP contribution in [0.1, 0.15) is 16.2 Å². The van der Waals surface area contributed by atoms with Crippen molar-refractivity contribution in [3.63, 3.8) is 0 Å². The molecule has 2 aromatic rings. The summed E-state index contributed by atoms with van der Waals surface area (Å²) in [6, 6.07) is 3.13. The van der Waals surface area contributed by atoms with Gasteiger partial charge < -0.3 is 14.3 Å². The van der Waals surface area contributed by atoms with E-state index in [1.165, 1.54) is 24.2 Å². The van der Waals surface area contributed by atoms with Crippen molar-refractivity contribution in [3.05, 3.63) is 50.7 Å². The van der Waals surface area contributed by atoms with Crippen LogP contribution in [0, 0.1) is 6.92 Å². The quantitative estimate of drug-likeness (QED) is 0.721. The van der Waals surface area contributed by atoms with Crippen molar-refractivity contribution in [1.29, 1.82) is 0 Å². The van der Waals surface area contributed by atoms with Crippen LogP contribution in [0.25, 0.3) is 0 Å². The van der Waals surface area contributed by atoms with Gasteiger partial charge in [0.1, 0.15) is 0 Å². The first kappa shape index (κ1) is 17.2. The summed E-state index contributed by atoms with van der Waals surface area (Å²) >= 11 is 0. The number of nitrogens with zero attached hydrogens (tertiary/aromatic N) is 2. The minimum atomic E-state index is -4.09. The average molecular weight is 368 g/mol. The lowest BCUT2D eigenvalue weighted by molar-refractivity contribution is 0.0666. The highest BCUT2D eigenvalue weighted by Gasteiger charge is 2.34. The number of rotatable bonds is 3. The fourth-order valence-electron chi connectivity index (χ4n) is 2.72. The summed E-state index contributed by atoms with van der Waals surface area (Å²) < 4.78 is 31.6. The second-order valence-corrected chi connectivity index (χ2v) is 7.41. The number of carbonyl (C=O) groups is 1. The third kappa shape index (κ3) is 3.15. The first-order valence-corrected chi connectivity index (χ1v) is 8.91. The highest BCUT2D eigenvalue weighted by molar-refractivity contribution is 7.89. The lowest BCUT2D eigenvalue weighted by Gasteiger charge is -2.33. The van der Waals surface area contributed by atoms with Gasteiger partial charge in [0.25, 0.3) is 11.5 Å². The van der Waals surface area contributed by atoms with Gasteiger partial charge in [0.2, 0.25) is 10.0 Å². The number of nitrogens with one attached hydrogen (secondary N) is 2. The molecule has 0 aliphatic carbocycles. The summed E-state index contributed by atoms with van der Waals surface area (Å²) in [7, 11) is -4.09. The molecule has 1 aliphatic rings. The molecule has 3 rings (SSSR count). The van der Waals surface area contributed by atoms with E-state index in [4.69, 9.17) is 4.42 Å². The summed E-state index contributed by atoms with van der Waals surface area (Å²) in [5.41, 5.74) is -1.76. The van der Waals surface area contributed by atoms with Crippen LogP contribution in [0.5, 0.6) is 0 Å². The van der Waals surface area contributed by atoms with Crippen molar-refractivity contribution in [3.8, 4) is 0 Å². The molecule has 1 fully saturated rings. The molecule has 11 heteroatoms. The predicted molar refractivity (Wildman–Crippen MR) is 85.8 cm³/mol. The molecule has 2 N–H and O–H groups in total. The Bertz CT molecular complexity index is 997. The average Bonchev–Trinajstić information content (AvgIpc) is 3.07. The first-order valence-electron chi connectivity index (χ1n) is 7.47. The van der Waals surface area contributed by atoms with Gasteiger partial charge in [0.05, 0.1) is 6.26 Å². The number of aromatic nitrogens is 2. The number of carbonyl (C=O) groups excluding carboxylic acids is 1. The third-order valence-corrected chi connectivity index (χ3v) is 5.98. The molecule has 25 heavy (non-hydrogen) atoms. The van der Waals surface area contributed by atoms with E-state index in [2.05, 4.69) is 4.98 Å². The van der Waals surface area contributed by atoms with Crippen LogP contribution in [0.4, 0.5) is 0 Å². The fraction of sp³-hybridized carbons (Fsp3) is 0.357. The molecule has 1 saturated heterocycles. The van der Waals surface area contributed by atoms with E-state index in [1.807, 2.05) is 4.98 Å². The van der Waals surface area contributed by atoms with Crippen LogP contribution in [0.2, 0.25) is 0 Å². The van der Waals surface area contributed by atoms with Crippen LogP contribution in [0.3, 0.4) is 0 Å². The van der Waals surface area contributed by atoms with E-state index >= 15 is 0 Å². The van der Waals surface area contributed by atoms with Gasteiger partial charge in [-0.3, -0.25) is 14.6 Å². The number of sulfonamides is 1. The Morgan fingerprint density at radius 1 is 1.16 bits per heavy atom. The van der Waals surface area contributed by atoms with E-state index in [-0.39, 0.29) is 43.5 Å². The SMILES string of the molecule is Cc1[nH]c(=O)[nH]c(=O)c1S(=O)(=O)N1CCN(C(=O)c2ccco2)CC1. The predicted octanol–water partition coefficient (Wildman–Crippen LogP) is -0.889. The maximum Gasteiger partial charge on any atom is 0.325 e. The summed E-state index contributed by atoms with van der Waals surface area (Å²) in [6.07, 6.45) is 1.39. The number of hydrogen-bond donors (Lipinski definition) is 2. The van der Waals surface area contributed by atoms with Crippen LogP contribution in [0.15, 0.2) is 37.3 Å². The molecule has 0 atom stereocenters. The van der Waals surface area contributed by atoms with Gasteiger partial charge in [-0.25, -0.2) is 13.2 Å². The number of furan rings is 1. The second kappa shape index (κ2) is 6.33. The maximum atomic E-state index is 12.7. The first-order chi connectivity index (χ1) is 11.8. The zero-order valence-electron chi connectivity index (χ0n) is 13.3. The molecule has 10 nitrogen and oxygen atoms in total. The highest BCUT2D eigenvalue weighted by Crippen LogP contribution is 2.17. The van der Waals surface area contributed by atoms with Crippen LogP contribution in [-0.2, 0) is 10.0 Å². The third-order valence-electron chi connectivity index (χ3n) is 3.93. The largest absolute Gasteiger partial charge is 0.459 e. The topological polar surface area (TPSA) is 137 Å². The molecule has 0 bridgehead atoms. The van der Waals surface area contributed by atoms with E-state index < -0.39 is 26.2 Å². The molecule has 1 aliphatic heterocycles. The van der Waals surface area contributed by atoms with Gasteiger partial charge in [0.15, 0.2) is 10.7 Å². The van der Waals surface area contributed by atoms with Crippen molar-refractivity contribution < 1.29 is 17.6 Å². The number of piperazine rings is 1. The van der Waals surface area contributed by atoms with E-state index in [9.17, 15) is 22.8 Å². The van der Waals surface area contributed by atoms with Gasteiger partial charge in [0, 0.05) is 31.9 Å². The van der Waals surface area contributed by atoms with Crippen molar-refractivity contribution in [1.82, 2.24) is 19.2 Å². The normalized spacial score (nSPS) is 16.1. The van der Waals surface area contributed by atoms with E-state index in [1.54, 1.807) is 6.07 Å². The second-order valence-electron chi connectivity index (χ2n) is 5.54. The van der Waals surface area contributed by atoms with Gasteiger partial charge >= 0.3 is 5.69 Å². The Balaban J connectivity index is 1.80. The van der Waals surface area contributed by atoms with Crippen LogP contribution >= 0.6 is 0 Å². The van der Waals surface area contributed by atoms with E-state index in [0.717, 1.165) is 4.31 Å². The monoisotopic (exact) mass is 368 g/mol. The number of aromatic amines is 2. The molecule has 0 saturated carbocycles. The van der Waals surface area contributed by atoms with E-state index in [0.29, 0.717) is 0 Å². The Labute approximate surface area is 142 Å². The van der Waals surface area contributed by atoms with Gasteiger partial charge in [-0.1, -0.05) is 0 Å². The molecule has 2 aromatic heterocycles. The molecule has 0 unspecified atom stereocenters. The lowest BCUT2D eigenvalue weighted by atomic mass is 10.3. The Hall–Kier alpha value is -2.66. The Kier molecular flexibility index (Phi) is 4.35. The Morgan fingerprint density at radius 2 is 1.84 bits per heavy atom. The van der Waals surface area contributed by atoms with Crippen LogP contribution in [-0.4, -0.2) is 59.7 Å².